The summed E-state index contributed by atoms with van der Waals surface area (Å²) in [6, 6.07) is 3.71. The third kappa shape index (κ3) is 2.25. The summed E-state index contributed by atoms with van der Waals surface area (Å²) in [6.07, 6.45) is 4.57. The van der Waals surface area contributed by atoms with Crippen molar-refractivity contribution in [2.75, 3.05) is 13.2 Å². The van der Waals surface area contributed by atoms with E-state index in [4.69, 9.17) is 9.15 Å². The van der Waals surface area contributed by atoms with Gasteiger partial charge in [-0.25, -0.2) is 0 Å². The number of carbonyl (C=O) groups is 1. The Hall–Kier alpha value is -1.35. The molecule has 2 rings (SSSR count). The van der Waals surface area contributed by atoms with Crippen LogP contribution in [0.5, 0.6) is 0 Å². The van der Waals surface area contributed by atoms with Crippen molar-refractivity contribution in [3.8, 4) is 0 Å². The van der Waals surface area contributed by atoms with E-state index in [-0.39, 0.29) is 12.4 Å². The Labute approximate surface area is 95.1 Å². The summed E-state index contributed by atoms with van der Waals surface area (Å²) >= 11 is 0. The Balaban J connectivity index is 2.30. The monoisotopic (exact) mass is 220 g/mol. The Morgan fingerprint density at radius 1 is 1.38 bits per heavy atom. The molecule has 3 nitrogen and oxygen atoms in total. The average Bonchev–Trinajstić information content (AvgIpc) is 2.80. The third-order valence-corrected chi connectivity index (χ3v) is 2.78. The van der Waals surface area contributed by atoms with Gasteiger partial charge in [0.25, 0.3) is 0 Å². The van der Waals surface area contributed by atoms with Crippen molar-refractivity contribution in [1.82, 2.24) is 0 Å². The quantitative estimate of drug-likeness (QED) is 0.783. The second kappa shape index (κ2) is 5.12. The van der Waals surface area contributed by atoms with Crippen molar-refractivity contribution in [1.29, 1.82) is 0 Å². The molecule has 0 aromatic carbocycles. The molecule has 1 aliphatic rings. The fraction of sp³-hybridized carbons (Fsp3) is 0.462. The summed E-state index contributed by atoms with van der Waals surface area (Å²) < 4.78 is 10.6. The van der Waals surface area contributed by atoms with Gasteiger partial charge in [0.15, 0.2) is 5.78 Å². The predicted molar refractivity (Wildman–Crippen MR) is 61.0 cm³/mol. The Morgan fingerprint density at radius 3 is 2.94 bits per heavy atom. The first-order chi connectivity index (χ1) is 7.83. The summed E-state index contributed by atoms with van der Waals surface area (Å²) in [6.45, 7) is 2.82. The Morgan fingerprint density at radius 2 is 2.25 bits per heavy atom. The largest absolute Gasteiger partial charge is 0.465 e. The van der Waals surface area contributed by atoms with Crippen molar-refractivity contribution in [3.05, 3.63) is 29.7 Å². The molecule has 2 heterocycles. The molecule has 86 valence electrons. The smallest absolute Gasteiger partial charge is 0.184 e. The van der Waals surface area contributed by atoms with Crippen LogP contribution in [-0.2, 0) is 9.53 Å². The maximum absolute atomic E-state index is 11.8. The van der Waals surface area contributed by atoms with Crippen LogP contribution < -0.4 is 0 Å². The lowest BCUT2D eigenvalue weighted by Gasteiger charge is -2.18. The van der Waals surface area contributed by atoms with Crippen molar-refractivity contribution in [3.63, 3.8) is 0 Å². The molecular formula is C13H16O3. The molecule has 1 aromatic heterocycles. The summed E-state index contributed by atoms with van der Waals surface area (Å²) in [5.41, 5.74) is 1.82. The van der Waals surface area contributed by atoms with Gasteiger partial charge in [-0.2, -0.15) is 0 Å². The van der Waals surface area contributed by atoms with Crippen LogP contribution >= 0.6 is 0 Å². The average molecular weight is 220 g/mol. The van der Waals surface area contributed by atoms with Crippen LogP contribution in [0.4, 0.5) is 0 Å². The first kappa shape index (κ1) is 11.1. The van der Waals surface area contributed by atoms with Gasteiger partial charge in [-0.3, -0.25) is 4.79 Å². The minimum Gasteiger partial charge on any atom is -0.465 e. The topological polar surface area (TPSA) is 39.4 Å². The number of hydrogen-bond acceptors (Lipinski definition) is 3. The molecule has 0 atom stereocenters. The fourth-order valence-corrected chi connectivity index (χ4v) is 1.90. The molecule has 16 heavy (non-hydrogen) atoms. The SMILES string of the molecule is CCCCC1=C(c2ccco2)COCC1=O. The summed E-state index contributed by atoms with van der Waals surface area (Å²) in [5.74, 6) is 0.866. The molecule has 0 aliphatic carbocycles. The number of Topliss-reactive ketones (excluding diaryl/α,β-unsaturated/α-hetero) is 1. The zero-order valence-corrected chi connectivity index (χ0v) is 9.49. The molecule has 0 unspecified atom stereocenters. The predicted octanol–water partition coefficient (Wildman–Crippen LogP) is 2.82. The van der Waals surface area contributed by atoms with Crippen molar-refractivity contribution < 1.29 is 13.9 Å². The van der Waals surface area contributed by atoms with Gasteiger partial charge in [-0.15, -0.1) is 0 Å². The zero-order valence-electron chi connectivity index (χ0n) is 9.49. The highest BCUT2D eigenvalue weighted by Crippen LogP contribution is 2.27. The molecule has 0 radical (unpaired) electrons. The molecule has 0 amide bonds. The van der Waals surface area contributed by atoms with Gasteiger partial charge in [0, 0.05) is 11.1 Å². The molecule has 0 saturated heterocycles. The van der Waals surface area contributed by atoms with Crippen molar-refractivity contribution in [2.45, 2.75) is 26.2 Å². The number of hydrogen-bond donors (Lipinski definition) is 0. The molecular weight excluding hydrogens is 204 g/mol. The van der Waals surface area contributed by atoms with E-state index in [0.29, 0.717) is 6.61 Å². The molecule has 1 aliphatic heterocycles. The van der Waals surface area contributed by atoms with Gasteiger partial charge < -0.3 is 9.15 Å². The maximum Gasteiger partial charge on any atom is 0.184 e. The lowest BCUT2D eigenvalue weighted by atomic mass is 9.96. The van der Waals surface area contributed by atoms with Crippen LogP contribution in [0.15, 0.2) is 28.4 Å². The molecule has 0 spiro atoms. The fourth-order valence-electron chi connectivity index (χ4n) is 1.90. The van der Waals surface area contributed by atoms with Crippen LogP contribution in [0.1, 0.15) is 31.9 Å². The highest BCUT2D eigenvalue weighted by atomic mass is 16.5. The Kier molecular flexibility index (Phi) is 3.57. The van der Waals surface area contributed by atoms with E-state index in [1.165, 1.54) is 0 Å². The van der Waals surface area contributed by atoms with Gasteiger partial charge in [0.1, 0.15) is 12.4 Å². The minimum atomic E-state index is 0.103. The van der Waals surface area contributed by atoms with Crippen molar-refractivity contribution >= 4 is 11.4 Å². The molecule has 3 heteroatoms. The van der Waals surface area contributed by atoms with Crippen LogP contribution in [0.3, 0.4) is 0 Å². The number of ketones is 1. The number of ether oxygens (including phenoxy) is 1. The highest BCUT2D eigenvalue weighted by Gasteiger charge is 2.22. The van der Waals surface area contributed by atoms with E-state index in [2.05, 4.69) is 6.92 Å². The summed E-state index contributed by atoms with van der Waals surface area (Å²) in [4.78, 5) is 11.8. The maximum atomic E-state index is 11.8. The first-order valence-corrected chi connectivity index (χ1v) is 5.69. The highest BCUT2D eigenvalue weighted by molar-refractivity contribution is 6.04. The normalized spacial score (nSPS) is 16.9. The van der Waals surface area contributed by atoms with E-state index < -0.39 is 0 Å². The number of unbranched alkanes of at least 4 members (excludes halogenated alkanes) is 1. The lowest BCUT2D eigenvalue weighted by molar-refractivity contribution is -0.120. The second-order valence-corrected chi connectivity index (χ2v) is 3.95. The zero-order chi connectivity index (χ0) is 11.4. The van der Waals surface area contributed by atoms with E-state index >= 15 is 0 Å². The first-order valence-electron chi connectivity index (χ1n) is 5.69. The summed E-state index contributed by atoms with van der Waals surface area (Å²) in [5, 5.41) is 0. The van der Waals surface area contributed by atoms with Gasteiger partial charge in [0.05, 0.1) is 12.9 Å². The molecule has 1 aromatic rings. The standard InChI is InChI=1S/C13H16O3/c1-2-3-5-10-11(8-15-9-12(10)14)13-6-4-7-16-13/h4,6-7H,2-3,5,8-9H2,1H3. The molecule has 0 bridgehead atoms. The van der Waals surface area contributed by atoms with E-state index in [1.807, 2.05) is 12.1 Å². The second-order valence-electron chi connectivity index (χ2n) is 3.95. The van der Waals surface area contributed by atoms with Crippen LogP contribution in [-0.4, -0.2) is 19.0 Å². The number of furan rings is 1. The lowest BCUT2D eigenvalue weighted by Crippen LogP contribution is -2.21. The molecule has 0 fully saturated rings. The Bertz CT molecular complexity index is 387. The van der Waals surface area contributed by atoms with Gasteiger partial charge in [-0.1, -0.05) is 13.3 Å². The number of carbonyl (C=O) groups excluding carboxylic acids is 1. The van der Waals surface area contributed by atoms with Crippen LogP contribution in [0, 0.1) is 0 Å². The van der Waals surface area contributed by atoms with Gasteiger partial charge in [0.2, 0.25) is 0 Å². The van der Waals surface area contributed by atoms with Gasteiger partial charge in [-0.05, 0) is 25.0 Å². The summed E-state index contributed by atoms with van der Waals surface area (Å²) in [7, 11) is 0. The van der Waals surface area contributed by atoms with Crippen molar-refractivity contribution in [2.24, 2.45) is 0 Å². The van der Waals surface area contributed by atoms with Crippen LogP contribution in [0.25, 0.3) is 5.57 Å². The third-order valence-electron chi connectivity index (χ3n) is 2.78. The molecule has 0 N–H and O–H groups in total. The van der Waals surface area contributed by atoms with Crippen LogP contribution in [0.2, 0.25) is 0 Å². The number of rotatable bonds is 4. The van der Waals surface area contributed by atoms with Gasteiger partial charge >= 0.3 is 0 Å². The minimum absolute atomic E-state index is 0.103. The molecule has 0 saturated carbocycles. The van der Waals surface area contributed by atoms with E-state index in [9.17, 15) is 4.79 Å². The van der Waals surface area contributed by atoms with E-state index in [0.717, 1.165) is 36.2 Å². The van der Waals surface area contributed by atoms with E-state index in [1.54, 1.807) is 6.26 Å².